The number of hydrogen-bond acceptors (Lipinski definition) is 4. The van der Waals surface area contributed by atoms with Gasteiger partial charge in [-0.15, -0.1) is 10.0 Å². The Morgan fingerprint density at radius 3 is 2.50 bits per heavy atom. The third-order valence-corrected chi connectivity index (χ3v) is 0.646. The van der Waals surface area contributed by atoms with Crippen LogP contribution in [0.1, 0.15) is 13.3 Å². The Labute approximate surface area is 46.4 Å². The van der Waals surface area contributed by atoms with Crippen LogP contribution in [0.5, 0.6) is 0 Å². The molecule has 5 nitrogen and oxygen atoms in total. The standard InChI is InChI=1S/C3H7N3O2/c1-2-3(7)6(4)5-8/h2,4H2,1H3. The smallest absolute Gasteiger partial charge is 0.260 e. The van der Waals surface area contributed by atoms with Crippen molar-refractivity contribution >= 4 is 5.91 Å². The van der Waals surface area contributed by atoms with Crippen molar-refractivity contribution in [1.82, 2.24) is 5.12 Å². The van der Waals surface area contributed by atoms with Gasteiger partial charge in [0.25, 0.3) is 5.91 Å². The third-order valence-electron chi connectivity index (χ3n) is 0.646. The molecule has 0 saturated heterocycles. The molecule has 8 heavy (non-hydrogen) atoms. The topological polar surface area (TPSA) is 75.8 Å². The van der Waals surface area contributed by atoms with Gasteiger partial charge in [0.15, 0.2) is 0 Å². The molecule has 0 atom stereocenters. The van der Waals surface area contributed by atoms with E-state index in [0.29, 0.717) is 0 Å². The molecule has 0 heterocycles. The van der Waals surface area contributed by atoms with Gasteiger partial charge in [0.2, 0.25) is 0 Å². The number of hydrogen-bond donors (Lipinski definition) is 1. The lowest BCUT2D eigenvalue weighted by molar-refractivity contribution is -0.131. The van der Waals surface area contributed by atoms with Crippen LogP contribution in [0.4, 0.5) is 0 Å². The molecule has 2 N–H and O–H groups in total. The summed E-state index contributed by atoms with van der Waals surface area (Å²) in [6.45, 7) is 1.59. The maximum Gasteiger partial charge on any atom is 0.260 e. The second-order valence-corrected chi connectivity index (χ2v) is 1.17. The van der Waals surface area contributed by atoms with Crippen molar-refractivity contribution in [1.29, 1.82) is 0 Å². The van der Waals surface area contributed by atoms with E-state index in [0.717, 1.165) is 0 Å². The number of amides is 1. The van der Waals surface area contributed by atoms with Crippen molar-refractivity contribution in [3.8, 4) is 0 Å². The van der Waals surface area contributed by atoms with Crippen molar-refractivity contribution in [2.45, 2.75) is 13.3 Å². The van der Waals surface area contributed by atoms with Gasteiger partial charge >= 0.3 is 0 Å². The minimum absolute atomic E-state index is 0.197. The van der Waals surface area contributed by atoms with Gasteiger partial charge in [-0.3, -0.25) is 4.79 Å². The molecule has 0 aliphatic carbocycles. The van der Waals surface area contributed by atoms with Crippen molar-refractivity contribution in [3.05, 3.63) is 4.91 Å². The lowest BCUT2D eigenvalue weighted by atomic mass is 10.5. The van der Waals surface area contributed by atoms with Crippen LogP contribution in [0, 0.1) is 4.91 Å². The quantitative estimate of drug-likeness (QED) is 0.235. The molecule has 0 bridgehead atoms. The molecule has 0 aliphatic heterocycles. The normalized spacial score (nSPS) is 8.25. The maximum absolute atomic E-state index is 10.2. The average Bonchev–Trinajstić information content (AvgIpc) is 1.84. The molecule has 1 amide bonds. The minimum Gasteiger partial charge on any atom is -0.271 e. The lowest BCUT2D eigenvalue weighted by Gasteiger charge is -2.00. The van der Waals surface area contributed by atoms with Gasteiger partial charge in [0.1, 0.15) is 0 Å². The second-order valence-electron chi connectivity index (χ2n) is 1.17. The van der Waals surface area contributed by atoms with Crippen molar-refractivity contribution < 1.29 is 4.79 Å². The van der Waals surface area contributed by atoms with Gasteiger partial charge in [-0.2, -0.15) is 0 Å². The lowest BCUT2D eigenvalue weighted by Crippen LogP contribution is -2.30. The molecule has 0 saturated carbocycles. The zero-order valence-electron chi connectivity index (χ0n) is 4.50. The molecule has 46 valence electrons. The van der Waals surface area contributed by atoms with Gasteiger partial charge in [-0.05, 0) is 0 Å². The van der Waals surface area contributed by atoms with Gasteiger partial charge in [0.05, 0.1) is 5.29 Å². The van der Waals surface area contributed by atoms with E-state index >= 15 is 0 Å². The SMILES string of the molecule is CCC(=O)N(N)N=O. The maximum atomic E-state index is 10.2. The van der Waals surface area contributed by atoms with Crippen LogP contribution in [0.2, 0.25) is 0 Å². The van der Waals surface area contributed by atoms with Crippen molar-refractivity contribution in [2.24, 2.45) is 11.1 Å². The highest BCUT2D eigenvalue weighted by Gasteiger charge is 2.03. The fourth-order valence-corrected chi connectivity index (χ4v) is 0.208. The molecule has 0 fully saturated rings. The molecular weight excluding hydrogens is 110 g/mol. The summed E-state index contributed by atoms with van der Waals surface area (Å²) in [5.41, 5.74) is 0. The van der Waals surface area contributed by atoms with E-state index in [9.17, 15) is 9.70 Å². The third kappa shape index (κ3) is 1.65. The average molecular weight is 117 g/mol. The van der Waals surface area contributed by atoms with E-state index in [-0.39, 0.29) is 11.5 Å². The van der Waals surface area contributed by atoms with E-state index in [1.54, 1.807) is 6.92 Å². The van der Waals surface area contributed by atoms with E-state index < -0.39 is 5.91 Å². The zero-order valence-corrected chi connectivity index (χ0v) is 4.50. The summed E-state index contributed by atoms with van der Waals surface area (Å²) in [6.07, 6.45) is 0.197. The molecule has 0 rings (SSSR count). The molecular formula is C3H7N3O2. The van der Waals surface area contributed by atoms with Crippen LogP contribution in [0.15, 0.2) is 5.29 Å². The van der Waals surface area contributed by atoms with E-state index in [1.165, 1.54) is 0 Å². The molecule has 0 aromatic heterocycles. The fourth-order valence-electron chi connectivity index (χ4n) is 0.208. The van der Waals surface area contributed by atoms with Gasteiger partial charge < -0.3 is 0 Å². The first-order valence-electron chi connectivity index (χ1n) is 2.13. The van der Waals surface area contributed by atoms with Crippen LogP contribution in [0.3, 0.4) is 0 Å². The summed E-state index contributed by atoms with van der Waals surface area (Å²) >= 11 is 0. The molecule has 5 heteroatoms. The number of nitrogens with zero attached hydrogens (tertiary/aromatic N) is 2. The Morgan fingerprint density at radius 2 is 2.38 bits per heavy atom. The van der Waals surface area contributed by atoms with Crippen molar-refractivity contribution in [2.75, 3.05) is 0 Å². The first-order chi connectivity index (χ1) is 3.72. The number of rotatable bonds is 2. The summed E-state index contributed by atoms with van der Waals surface area (Å²) in [4.78, 5) is 19.7. The largest absolute Gasteiger partial charge is 0.271 e. The minimum atomic E-state index is -0.486. The molecule has 0 aromatic rings. The highest BCUT2D eigenvalue weighted by Crippen LogP contribution is 1.83. The molecule has 0 aromatic carbocycles. The Balaban J connectivity index is 3.62. The monoisotopic (exact) mass is 117 g/mol. The Morgan fingerprint density at radius 1 is 1.88 bits per heavy atom. The highest BCUT2D eigenvalue weighted by molar-refractivity contribution is 5.74. The van der Waals surface area contributed by atoms with Crippen molar-refractivity contribution in [3.63, 3.8) is 0 Å². The van der Waals surface area contributed by atoms with Crippen LogP contribution in [0.25, 0.3) is 0 Å². The predicted molar refractivity (Wildman–Crippen MR) is 27.1 cm³/mol. The van der Waals surface area contributed by atoms with E-state index in [1.807, 2.05) is 0 Å². The number of carbonyl (C=O) groups is 1. The first kappa shape index (κ1) is 7.03. The molecule has 0 radical (unpaired) electrons. The van der Waals surface area contributed by atoms with Crippen LogP contribution >= 0.6 is 0 Å². The highest BCUT2D eigenvalue weighted by atomic mass is 16.3. The summed E-state index contributed by atoms with van der Waals surface area (Å²) in [6, 6.07) is 0. The van der Waals surface area contributed by atoms with Crippen LogP contribution in [-0.4, -0.2) is 11.0 Å². The first-order valence-corrected chi connectivity index (χ1v) is 2.13. The number of nitroso groups, excluding NO2 is 1. The summed E-state index contributed by atoms with van der Waals surface area (Å²) in [5, 5.41) is 2.45. The van der Waals surface area contributed by atoms with Crippen LogP contribution in [-0.2, 0) is 4.79 Å². The zero-order chi connectivity index (χ0) is 6.57. The van der Waals surface area contributed by atoms with E-state index in [4.69, 9.17) is 5.84 Å². The van der Waals surface area contributed by atoms with E-state index in [2.05, 4.69) is 5.29 Å². The molecule has 0 aliphatic rings. The van der Waals surface area contributed by atoms with Gasteiger partial charge in [-0.25, -0.2) is 5.84 Å². The summed E-state index contributed by atoms with van der Waals surface area (Å²) in [5.74, 6) is 4.25. The van der Waals surface area contributed by atoms with Crippen LogP contribution < -0.4 is 5.84 Å². The Kier molecular flexibility index (Phi) is 2.71. The number of hydrazine groups is 1. The Hall–Kier alpha value is -0.970. The number of carbonyl (C=O) groups excluding carboxylic acids is 1. The molecule has 0 spiro atoms. The summed E-state index contributed by atoms with van der Waals surface area (Å²) < 4.78 is 0. The predicted octanol–water partition coefficient (Wildman–Crippen LogP) is -0.220. The fraction of sp³-hybridized carbons (Fsp3) is 0.667. The number of nitrogens with two attached hydrogens (primary N) is 1. The van der Waals surface area contributed by atoms with Gasteiger partial charge in [0, 0.05) is 6.42 Å². The second kappa shape index (κ2) is 3.09. The van der Waals surface area contributed by atoms with Gasteiger partial charge in [-0.1, -0.05) is 6.92 Å². The summed E-state index contributed by atoms with van der Waals surface area (Å²) in [7, 11) is 0. The molecule has 0 unspecified atom stereocenters. The Bertz CT molecular complexity index is 103.